The van der Waals surface area contributed by atoms with Gasteiger partial charge in [-0.1, -0.05) is 11.8 Å². The van der Waals surface area contributed by atoms with Crippen LogP contribution in [-0.2, 0) is 10.0 Å². The topological polar surface area (TPSA) is 63.4 Å². The molecule has 0 aliphatic rings. The maximum atomic E-state index is 13.9. The van der Waals surface area contributed by atoms with Crippen LogP contribution in [0.25, 0.3) is 0 Å². The minimum absolute atomic E-state index is 0.164. The molecular formula is C13H17FN2O2S. The monoisotopic (exact) mass is 284 g/mol. The average Bonchev–Trinajstić information content (AvgIpc) is 2.34. The molecule has 0 aliphatic heterocycles. The van der Waals surface area contributed by atoms with E-state index in [9.17, 15) is 12.8 Å². The van der Waals surface area contributed by atoms with E-state index in [0.29, 0.717) is 5.56 Å². The normalized spacial score (nSPS) is 11.5. The summed E-state index contributed by atoms with van der Waals surface area (Å²) in [4.78, 5) is -0.345. The third-order valence-electron chi connectivity index (χ3n) is 2.65. The van der Waals surface area contributed by atoms with Crippen molar-refractivity contribution in [1.82, 2.24) is 4.31 Å². The van der Waals surface area contributed by atoms with E-state index in [1.807, 2.05) is 0 Å². The van der Waals surface area contributed by atoms with Crippen molar-refractivity contribution >= 4 is 10.0 Å². The van der Waals surface area contributed by atoms with Gasteiger partial charge in [0.15, 0.2) is 0 Å². The van der Waals surface area contributed by atoms with Gasteiger partial charge in [-0.05, 0) is 32.0 Å². The number of nitrogens with two attached hydrogens (primary N) is 1. The Morgan fingerprint density at radius 1 is 1.42 bits per heavy atom. The lowest BCUT2D eigenvalue weighted by molar-refractivity contribution is 0.407. The summed E-state index contributed by atoms with van der Waals surface area (Å²) in [6.45, 7) is 3.60. The molecule has 0 spiro atoms. The Kier molecular flexibility index (Phi) is 5.06. The van der Waals surface area contributed by atoms with Gasteiger partial charge in [0, 0.05) is 18.7 Å². The molecule has 1 aromatic rings. The number of hydrogen-bond donors (Lipinski definition) is 1. The molecule has 0 amide bonds. The number of hydrogen-bond acceptors (Lipinski definition) is 3. The smallest absolute Gasteiger partial charge is 0.245 e. The molecule has 0 atom stereocenters. The van der Waals surface area contributed by atoms with E-state index in [-0.39, 0.29) is 17.5 Å². The third kappa shape index (κ3) is 3.53. The van der Waals surface area contributed by atoms with Gasteiger partial charge in [-0.25, -0.2) is 12.8 Å². The number of nitrogens with zero attached hydrogens (tertiary/aromatic N) is 1. The molecule has 0 fully saturated rings. The molecule has 0 aromatic heterocycles. The molecule has 0 radical (unpaired) electrons. The van der Waals surface area contributed by atoms with Crippen molar-refractivity contribution in [1.29, 1.82) is 0 Å². The molecule has 6 heteroatoms. The van der Waals surface area contributed by atoms with E-state index in [0.717, 1.165) is 10.4 Å². The maximum Gasteiger partial charge on any atom is 0.245 e. The number of sulfonamides is 1. The minimum atomic E-state index is -3.82. The predicted molar refractivity (Wildman–Crippen MR) is 72.4 cm³/mol. The van der Waals surface area contributed by atoms with Crippen LogP contribution in [0.2, 0.25) is 0 Å². The standard InChI is InChI=1S/C13H17FN2O2S/c1-10(2)16(3)19(17,18)13-7-6-11(5-4-8-15)9-12(13)14/h6-7,9-10H,8,15H2,1-3H3. The van der Waals surface area contributed by atoms with Crippen molar-refractivity contribution < 1.29 is 12.8 Å². The first kappa shape index (κ1) is 15.6. The van der Waals surface area contributed by atoms with Crippen molar-refractivity contribution in [3.63, 3.8) is 0 Å². The molecule has 1 rings (SSSR count). The lowest BCUT2D eigenvalue weighted by Crippen LogP contribution is -2.33. The Hall–Kier alpha value is -1.42. The van der Waals surface area contributed by atoms with Crippen LogP contribution in [-0.4, -0.2) is 32.4 Å². The highest BCUT2D eigenvalue weighted by atomic mass is 32.2. The molecule has 104 valence electrons. The molecule has 0 saturated heterocycles. The summed E-state index contributed by atoms with van der Waals surface area (Å²) in [6.07, 6.45) is 0. The Labute approximate surface area is 113 Å². The fourth-order valence-electron chi connectivity index (χ4n) is 1.37. The minimum Gasteiger partial charge on any atom is -0.320 e. The van der Waals surface area contributed by atoms with E-state index in [1.54, 1.807) is 13.8 Å². The van der Waals surface area contributed by atoms with Gasteiger partial charge in [-0.3, -0.25) is 0 Å². The molecule has 0 aliphatic carbocycles. The quantitative estimate of drug-likeness (QED) is 0.847. The molecule has 0 bridgehead atoms. The summed E-state index contributed by atoms with van der Waals surface area (Å²) in [5.74, 6) is 4.43. The molecular weight excluding hydrogens is 267 g/mol. The molecule has 0 saturated carbocycles. The van der Waals surface area contributed by atoms with E-state index < -0.39 is 15.8 Å². The van der Waals surface area contributed by atoms with E-state index in [4.69, 9.17) is 5.73 Å². The second kappa shape index (κ2) is 6.15. The van der Waals surface area contributed by atoms with E-state index in [1.165, 1.54) is 19.2 Å². The maximum absolute atomic E-state index is 13.9. The SMILES string of the molecule is CC(C)N(C)S(=O)(=O)c1ccc(C#CCN)cc1F. The Morgan fingerprint density at radius 3 is 2.53 bits per heavy atom. The zero-order valence-electron chi connectivity index (χ0n) is 11.1. The highest BCUT2D eigenvalue weighted by Gasteiger charge is 2.26. The van der Waals surface area contributed by atoms with E-state index >= 15 is 0 Å². The summed E-state index contributed by atoms with van der Waals surface area (Å²) in [5, 5.41) is 0. The fraction of sp³-hybridized carbons (Fsp3) is 0.385. The Morgan fingerprint density at radius 2 is 2.05 bits per heavy atom. The van der Waals surface area contributed by atoms with Gasteiger partial charge in [0.1, 0.15) is 10.7 Å². The average molecular weight is 284 g/mol. The molecule has 0 heterocycles. The first-order chi connectivity index (χ1) is 8.80. The molecule has 2 N–H and O–H groups in total. The Balaban J connectivity index is 3.23. The predicted octanol–water partition coefficient (Wildman–Crippen LogP) is 1.16. The second-order valence-electron chi connectivity index (χ2n) is 4.27. The second-order valence-corrected chi connectivity index (χ2v) is 6.23. The Bertz CT molecular complexity index is 615. The number of rotatable bonds is 3. The van der Waals surface area contributed by atoms with Crippen molar-refractivity contribution in [3.05, 3.63) is 29.6 Å². The molecule has 1 aromatic carbocycles. The van der Waals surface area contributed by atoms with Gasteiger partial charge in [0.05, 0.1) is 6.54 Å². The third-order valence-corrected chi connectivity index (χ3v) is 4.72. The largest absolute Gasteiger partial charge is 0.320 e. The van der Waals surface area contributed by atoms with Gasteiger partial charge in [0.2, 0.25) is 10.0 Å². The highest BCUT2D eigenvalue weighted by Crippen LogP contribution is 2.20. The zero-order chi connectivity index (χ0) is 14.6. The zero-order valence-corrected chi connectivity index (χ0v) is 12.0. The van der Waals surface area contributed by atoms with Crippen LogP contribution in [0.4, 0.5) is 4.39 Å². The first-order valence-electron chi connectivity index (χ1n) is 5.77. The summed E-state index contributed by atoms with van der Waals surface area (Å²) in [7, 11) is -2.40. The van der Waals surface area contributed by atoms with Crippen molar-refractivity contribution in [2.24, 2.45) is 5.73 Å². The van der Waals surface area contributed by atoms with Crippen LogP contribution >= 0.6 is 0 Å². The van der Waals surface area contributed by atoms with Gasteiger partial charge >= 0.3 is 0 Å². The highest BCUT2D eigenvalue weighted by molar-refractivity contribution is 7.89. The fourth-order valence-corrected chi connectivity index (χ4v) is 2.78. The van der Waals surface area contributed by atoms with Crippen molar-refractivity contribution in [2.75, 3.05) is 13.6 Å². The van der Waals surface area contributed by atoms with Crippen LogP contribution in [0, 0.1) is 17.7 Å². The van der Waals surface area contributed by atoms with Crippen LogP contribution in [0.5, 0.6) is 0 Å². The van der Waals surface area contributed by atoms with Gasteiger partial charge < -0.3 is 5.73 Å². The summed E-state index contributed by atoms with van der Waals surface area (Å²) in [5.41, 5.74) is 5.61. The van der Waals surface area contributed by atoms with Crippen LogP contribution in [0.15, 0.2) is 23.1 Å². The summed E-state index contributed by atoms with van der Waals surface area (Å²) >= 11 is 0. The molecule has 4 nitrogen and oxygen atoms in total. The summed E-state index contributed by atoms with van der Waals surface area (Å²) in [6, 6.07) is 3.54. The van der Waals surface area contributed by atoms with Crippen molar-refractivity contribution in [2.45, 2.75) is 24.8 Å². The number of halogens is 1. The lowest BCUT2D eigenvalue weighted by atomic mass is 10.2. The number of benzene rings is 1. The first-order valence-corrected chi connectivity index (χ1v) is 7.21. The van der Waals surface area contributed by atoms with Gasteiger partial charge in [-0.15, -0.1) is 0 Å². The van der Waals surface area contributed by atoms with E-state index in [2.05, 4.69) is 11.8 Å². The van der Waals surface area contributed by atoms with Gasteiger partial charge in [-0.2, -0.15) is 4.31 Å². The molecule has 19 heavy (non-hydrogen) atoms. The lowest BCUT2D eigenvalue weighted by Gasteiger charge is -2.21. The van der Waals surface area contributed by atoms with Gasteiger partial charge in [0.25, 0.3) is 0 Å². The summed E-state index contributed by atoms with van der Waals surface area (Å²) < 4.78 is 39.3. The van der Waals surface area contributed by atoms with Crippen LogP contribution < -0.4 is 5.73 Å². The van der Waals surface area contributed by atoms with Crippen LogP contribution in [0.1, 0.15) is 19.4 Å². The molecule has 0 unspecified atom stereocenters. The van der Waals surface area contributed by atoms with Crippen LogP contribution in [0.3, 0.4) is 0 Å². The van der Waals surface area contributed by atoms with Crippen molar-refractivity contribution in [3.8, 4) is 11.8 Å².